The molecule has 2 atom stereocenters. The van der Waals surface area contributed by atoms with Crippen LogP contribution in [0, 0.1) is 18.8 Å². The third-order valence-corrected chi connectivity index (χ3v) is 6.43. The first-order chi connectivity index (χ1) is 13.6. The third kappa shape index (κ3) is 4.39. The van der Waals surface area contributed by atoms with Gasteiger partial charge >= 0.3 is 0 Å². The highest BCUT2D eigenvalue weighted by atomic mass is 16.5. The van der Waals surface area contributed by atoms with E-state index in [9.17, 15) is 9.59 Å². The van der Waals surface area contributed by atoms with Crippen LogP contribution in [-0.4, -0.2) is 61.6 Å². The normalized spacial score (nSPS) is 26.5. The number of hydrogen-bond donors (Lipinski definition) is 2. The van der Waals surface area contributed by atoms with E-state index < -0.39 is 0 Å². The Hall–Kier alpha value is -1.92. The molecule has 0 bridgehead atoms. The van der Waals surface area contributed by atoms with Crippen LogP contribution in [0.1, 0.15) is 30.4 Å². The topological polar surface area (TPSA) is 70.7 Å². The van der Waals surface area contributed by atoms with Gasteiger partial charge in [-0.2, -0.15) is 0 Å². The Bertz CT molecular complexity index is 725. The zero-order chi connectivity index (χ0) is 19.6. The number of hydrogen-bond acceptors (Lipinski definition) is 4. The summed E-state index contributed by atoms with van der Waals surface area (Å²) in [5.41, 5.74) is 2.49. The second-order valence-electron chi connectivity index (χ2n) is 8.60. The van der Waals surface area contributed by atoms with E-state index in [4.69, 9.17) is 4.74 Å². The fourth-order valence-corrected chi connectivity index (χ4v) is 4.40. The number of benzene rings is 1. The average molecular weight is 386 g/mol. The van der Waals surface area contributed by atoms with Gasteiger partial charge < -0.3 is 20.3 Å². The van der Waals surface area contributed by atoms with Crippen LogP contribution in [0.4, 0.5) is 0 Å². The SMILES string of the molecule is Cc1ccccc1CC1(NC(=O)[C@H]2CNC[C@@H](C(=O)N3CCOCC3)C2)CC1. The second-order valence-corrected chi connectivity index (χ2v) is 8.60. The maximum Gasteiger partial charge on any atom is 0.227 e. The largest absolute Gasteiger partial charge is 0.378 e. The molecule has 28 heavy (non-hydrogen) atoms. The Balaban J connectivity index is 1.34. The minimum atomic E-state index is -0.141. The minimum absolute atomic E-state index is 0.0929. The number of ether oxygens (including phenoxy) is 1. The number of piperidine rings is 1. The molecule has 6 heteroatoms. The highest BCUT2D eigenvalue weighted by Gasteiger charge is 2.45. The van der Waals surface area contributed by atoms with Crippen molar-refractivity contribution in [2.45, 2.75) is 38.1 Å². The van der Waals surface area contributed by atoms with Gasteiger partial charge in [0.05, 0.1) is 25.0 Å². The number of aryl methyl sites for hydroxylation is 1. The van der Waals surface area contributed by atoms with Gasteiger partial charge in [-0.25, -0.2) is 0 Å². The molecule has 0 unspecified atom stereocenters. The smallest absolute Gasteiger partial charge is 0.227 e. The van der Waals surface area contributed by atoms with E-state index in [2.05, 4.69) is 41.8 Å². The number of rotatable bonds is 5. The first kappa shape index (κ1) is 19.4. The van der Waals surface area contributed by atoms with Crippen LogP contribution in [-0.2, 0) is 20.7 Å². The van der Waals surface area contributed by atoms with Gasteiger partial charge in [0.1, 0.15) is 0 Å². The van der Waals surface area contributed by atoms with Crippen molar-refractivity contribution in [1.29, 1.82) is 0 Å². The molecule has 1 aliphatic carbocycles. The summed E-state index contributed by atoms with van der Waals surface area (Å²) in [5, 5.41) is 6.64. The standard InChI is InChI=1S/C22H31N3O3/c1-16-4-2-3-5-17(16)13-22(6-7-22)24-20(26)18-12-19(15-23-14-18)21(27)25-8-10-28-11-9-25/h2-5,18-19,23H,6-15H2,1H3,(H,24,26)/t18-,19+/m1/s1. The molecule has 2 heterocycles. The van der Waals surface area contributed by atoms with Crippen LogP contribution >= 0.6 is 0 Å². The second kappa shape index (κ2) is 8.21. The van der Waals surface area contributed by atoms with Crippen LogP contribution in [0.5, 0.6) is 0 Å². The molecule has 2 amide bonds. The van der Waals surface area contributed by atoms with Crippen LogP contribution in [0.25, 0.3) is 0 Å². The summed E-state index contributed by atoms with van der Waals surface area (Å²) in [6.45, 7) is 5.97. The van der Waals surface area contributed by atoms with Gasteiger partial charge in [0.2, 0.25) is 11.8 Å². The molecule has 2 aliphatic heterocycles. The van der Waals surface area contributed by atoms with E-state index in [1.807, 2.05) is 4.90 Å². The molecule has 1 aromatic carbocycles. The molecule has 0 aromatic heterocycles. The molecule has 2 saturated heterocycles. The number of morpholine rings is 1. The molecule has 3 fully saturated rings. The number of nitrogens with zero attached hydrogens (tertiary/aromatic N) is 1. The number of amides is 2. The van der Waals surface area contributed by atoms with Gasteiger partial charge in [-0.15, -0.1) is 0 Å². The maximum absolute atomic E-state index is 13.0. The molecule has 1 saturated carbocycles. The number of carbonyl (C=O) groups excluding carboxylic acids is 2. The van der Waals surface area contributed by atoms with Crippen molar-refractivity contribution < 1.29 is 14.3 Å². The zero-order valence-electron chi connectivity index (χ0n) is 16.7. The fourth-order valence-electron chi connectivity index (χ4n) is 4.40. The van der Waals surface area contributed by atoms with E-state index >= 15 is 0 Å². The Morgan fingerprint density at radius 2 is 1.89 bits per heavy atom. The third-order valence-electron chi connectivity index (χ3n) is 6.43. The van der Waals surface area contributed by atoms with Crippen molar-refractivity contribution in [3.05, 3.63) is 35.4 Å². The molecular weight excluding hydrogens is 354 g/mol. The Labute approximate surface area is 167 Å². The van der Waals surface area contributed by atoms with E-state index in [1.54, 1.807) is 0 Å². The lowest BCUT2D eigenvalue weighted by Crippen LogP contribution is -2.52. The Morgan fingerprint density at radius 1 is 1.18 bits per heavy atom. The van der Waals surface area contributed by atoms with Crippen LogP contribution in [0.3, 0.4) is 0 Å². The first-order valence-corrected chi connectivity index (χ1v) is 10.5. The highest BCUT2D eigenvalue weighted by Crippen LogP contribution is 2.39. The van der Waals surface area contributed by atoms with E-state index in [1.165, 1.54) is 11.1 Å². The monoisotopic (exact) mass is 385 g/mol. The fraction of sp³-hybridized carbons (Fsp3) is 0.636. The quantitative estimate of drug-likeness (QED) is 0.801. The van der Waals surface area contributed by atoms with Crippen molar-refractivity contribution in [2.75, 3.05) is 39.4 Å². The van der Waals surface area contributed by atoms with E-state index in [0.717, 1.165) is 19.3 Å². The molecule has 2 N–H and O–H groups in total. The van der Waals surface area contributed by atoms with Crippen molar-refractivity contribution in [3.8, 4) is 0 Å². The molecule has 6 nitrogen and oxygen atoms in total. The first-order valence-electron chi connectivity index (χ1n) is 10.5. The lowest BCUT2D eigenvalue weighted by molar-refractivity contribution is -0.141. The van der Waals surface area contributed by atoms with Crippen molar-refractivity contribution in [1.82, 2.24) is 15.5 Å². The molecule has 1 aromatic rings. The van der Waals surface area contributed by atoms with Crippen molar-refractivity contribution in [2.24, 2.45) is 11.8 Å². The summed E-state index contributed by atoms with van der Waals surface area (Å²) in [6.07, 6.45) is 3.59. The van der Waals surface area contributed by atoms with Crippen molar-refractivity contribution in [3.63, 3.8) is 0 Å². The van der Waals surface area contributed by atoms with Crippen LogP contribution < -0.4 is 10.6 Å². The summed E-state index contributed by atoms with van der Waals surface area (Å²) in [5.74, 6) is -0.000357. The summed E-state index contributed by atoms with van der Waals surface area (Å²) >= 11 is 0. The molecule has 0 radical (unpaired) electrons. The van der Waals surface area contributed by atoms with Gasteiger partial charge in [0.15, 0.2) is 0 Å². The molecule has 4 rings (SSSR count). The summed E-state index contributed by atoms with van der Waals surface area (Å²) < 4.78 is 5.34. The summed E-state index contributed by atoms with van der Waals surface area (Å²) in [7, 11) is 0. The van der Waals surface area contributed by atoms with Crippen LogP contribution in [0.15, 0.2) is 24.3 Å². The van der Waals surface area contributed by atoms with E-state index in [0.29, 0.717) is 45.8 Å². The summed E-state index contributed by atoms with van der Waals surface area (Å²) in [6, 6.07) is 8.39. The Kier molecular flexibility index (Phi) is 5.69. The Morgan fingerprint density at radius 3 is 2.61 bits per heavy atom. The maximum atomic E-state index is 13.0. The molecule has 0 spiro atoms. The molecule has 152 valence electrons. The van der Waals surface area contributed by atoms with Gasteiger partial charge in [-0.05, 0) is 43.7 Å². The van der Waals surface area contributed by atoms with Crippen LogP contribution in [0.2, 0.25) is 0 Å². The predicted molar refractivity (Wildman–Crippen MR) is 107 cm³/mol. The zero-order valence-corrected chi connectivity index (χ0v) is 16.7. The number of carbonyl (C=O) groups is 2. The predicted octanol–water partition coefficient (Wildman–Crippen LogP) is 1.27. The van der Waals surface area contributed by atoms with Gasteiger partial charge in [0, 0.05) is 31.7 Å². The lowest BCUT2D eigenvalue weighted by atomic mass is 9.88. The van der Waals surface area contributed by atoms with Gasteiger partial charge in [-0.1, -0.05) is 24.3 Å². The molecular formula is C22H31N3O3. The molecule has 3 aliphatic rings. The summed E-state index contributed by atoms with van der Waals surface area (Å²) in [4.78, 5) is 27.7. The average Bonchev–Trinajstić information content (AvgIpc) is 3.49. The van der Waals surface area contributed by atoms with Gasteiger partial charge in [0.25, 0.3) is 0 Å². The minimum Gasteiger partial charge on any atom is -0.378 e. The highest BCUT2D eigenvalue weighted by molar-refractivity contribution is 5.83. The number of nitrogens with one attached hydrogen (secondary N) is 2. The van der Waals surface area contributed by atoms with E-state index in [-0.39, 0.29) is 29.2 Å². The lowest BCUT2D eigenvalue weighted by Gasteiger charge is -2.35. The van der Waals surface area contributed by atoms with Crippen molar-refractivity contribution >= 4 is 11.8 Å². The van der Waals surface area contributed by atoms with Gasteiger partial charge in [-0.3, -0.25) is 9.59 Å².